The number of allylic oxidation sites excluding steroid dienone is 1. The lowest BCUT2D eigenvalue weighted by molar-refractivity contribution is -0.133. The maximum Gasteiger partial charge on any atom is 0.315 e. The summed E-state index contributed by atoms with van der Waals surface area (Å²) in [5.74, 6) is 1.09. The molecule has 0 fully saturated rings. The highest BCUT2D eigenvalue weighted by molar-refractivity contribution is 6.14. The minimum absolute atomic E-state index is 0.124. The monoisotopic (exact) mass is 400 g/mol. The highest BCUT2D eigenvalue weighted by Gasteiger charge is 2.28. The predicted octanol–water partition coefficient (Wildman–Crippen LogP) is 4.77. The van der Waals surface area contributed by atoms with E-state index in [1.165, 1.54) is 0 Å². The van der Waals surface area contributed by atoms with Crippen LogP contribution in [0.25, 0.3) is 6.08 Å². The zero-order valence-corrected chi connectivity index (χ0v) is 16.7. The van der Waals surface area contributed by atoms with Crippen molar-refractivity contribution in [1.29, 1.82) is 0 Å². The average molecular weight is 400 g/mol. The van der Waals surface area contributed by atoms with Gasteiger partial charge in [-0.2, -0.15) is 0 Å². The maximum atomic E-state index is 12.6. The third kappa shape index (κ3) is 4.25. The van der Waals surface area contributed by atoms with Gasteiger partial charge in [0, 0.05) is 6.07 Å². The molecular weight excluding hydrogens is 380 g/mol. The molecule has 30 heavy (non-hydrogen) atoms. The van der Waals surface area contributed by atoms with Crippen LogP contribution in [-0.4, -0.2) is 18.9 Å². The molecule has 0 atom stereocenters. The van der Waals surface area contributed by atoms with Crippen LogP contribution < -0.4 is 14.2 Å². The molecule has 5 heteroatoms. The van der Waals surface area contributed by atoms with E-state index in [1.54, 1.807) is 43.5 Å². The molecule has 0 aliphatic carbocycles. The number of hydrogen-bond acceptors (Lipinski definition) is 5. The number of rotatable bonds is 5. The smallest absolute Gasteiger partial charge is 0.315 e. The summed E-state index contributed by atoms with van der Waals surface area (Å²) in [5, 5.41) is 0. The first kappa shape index (κ1) is 19.5. The molecule has 5 nitrogen and oxygen atoms in total. The van der Waals surface area contributed by atoms with Crippen molar-refractivity contribution in [2.45, 2.75) is 13.3 Å². The molecule has 4 rings (SSSR count). The van der Waals surface area contributed by atoms with Gasteiger partial charge in [-0.25, -0.2) is 0 Å². The van der Waals surface area contributed by atoms with E-state index in [9.17, 15) is 9.59 Å². The Balaban J connectivity index is 1.46. The van der Waals surface area contributed by atoms with Gasteiger partial charge >= 0.3 is 5.97 Å². The third-order valence-corrected chi connectivity index (χ3v) is 4.72. The van der Waals surface area contributed by atoms with Gasteiger partial charge in [0.25, 0.3) is 0 Å². The molecule has 0 saturated carbocycles. The van der Waals surface area contributed by atoms with Crippen LogP contribution in [0.1, 0.15) is 27.0 Å². The van der Waals surface area contributed by atoms with E-state index in [0.29, 0.717) is 17.1 Å². The number of fused-ring (bicyclic) bond motifs is 1. The van der Waals surface area contributed by atoms with Crippen molar-refractivity contribution in [2.75, 3.05) is 7.11 Å². The van der Waals surface area contributed by atoms with Crippen molar-refractivity contribution in [3.8, 4) is 17.2 Å². The molecule has 0 aromatic heterocycles. The van der Waals surface area contributed by atoms with Crippen LogP contribution in [0, 0.1) is 6.92 Å². The van der Waals surface area contributed by atoms with E-state index in [1.807, 2.05) is 43.3 Å². The first-order chi connectivity index (χ1) is 14.5. The second-order valence-electron chi connectivity index (χ2n) is 7.01. The zero-order chi connectivity index (χ0) is 21.1. The number of ether oxygens (including phenoxy) is 3. The average Bonchev–Trinajstić information content (AvgIpc) is 3.03. The maximum absolute atomic E-state index is 12.6. The van der Waals surface area contributed by atoms with Gasteiger partial charge in [-0.3, -0.25) is 9.59 Å². The topological polar surface area (TPSA) is 61.8 Å². The second kappa shape index (κ2) is 8.25. The van der Waals surface area contributed by atoms with E-state index < -0.39 is 5.97 Å². The van der Waals surface area contributed by atoms with E-state index in [0.717, 1.165) is 22.4 Å². The number of Topliss-reactive ketones (excluding diaryl/α,β-unsaturated/α-hetero) is 1. The Hall–Kier alpha value is -3.86. The Bertz CT molecular complexity index is 1140. The molecule has 3 aromatic carbocycles. The van der Waals surface area contributed by atoms with Crippen molar-refractivity contribution in [1.82, 2.24) is 0 Å². The summed E-state index contributed by atoms with van der Waals surface area (Å²) >= 11 is 0. The number of methoxy groups -OCH3 is 1. The molecule has 1 aliphatic heterocycles. The Labute approximate surface area is 174 Å². The Morgan fingerprint density at radius 3 is 2.50 bits per heavy atom. The zero-order valence-electron chi connectivity index (χ0n) is 16.7. The first-order valence-electron chi connectivity index (χ1n) is 9.50. The molecule has 0 saturated heterocycles. The van der Waals surface area contributed by atoms with Crippen molar-refractivity contribution in [3.05, 3.63) is 94.7 Å². The van der Waals surface area contributed by atoms with Crippen molar-refractivity contribution in [2.24, 2.45) is 0 Å². The normalized spacial score (nSPS) is 13.7. The molecule has 1 aliphatic rings. The van der Waals surface area contributed by atoms with E-state index in [4.69, 9.17) is 14.2 Å². The molecule has 0 amide bonds. The number of esters is 1. The van der Waals surface area contributed by atoms with Crippen LogP contribution in [0.3, 0.4) is 0 Å². The molecule has 1 heterocycles. The molecule has 0 unspecified atom stereocenters. The highest BCUT2D eigenvalue weighted by Crippen LogP contribution is 2.35. The van der Waals surface area contributed by atoms with Crippen LogP contribution in [0.2, 0.25) is 0 Å². The minimum atomic E-state index is -0.403. The van der Waals surface area contributed by atoms with Crippen LogP contribution >= 0.6 is 0 Å². The molecular formula is C25H20O5. The fraction of sp³-hybridized carbons (Fsp3) is 0.120. The van der Waals surface area contributed by atoms with Gasteiger partial charge in [-0.15, -0.1) is 0 Å². The van der Waals surface area contributed by atoms with Crippen LogP contribution in [-0.2, 0) is 11.2 Å². The fourth-order valence-corrected chi connectivity index (χ4v) is 3.22. The van der Waals surface area contributed by atoms with Gasteiger partial charge in [0.2, 0.25) is 5.78 Å². The number of carbonyl (C=O) groups excluding carboxylic acids is 2. The highest BCUT2D eigenvalue weighted by atomic mass is 16.5. The fourth-order valence-electron chi connectivity index (χ4n) is 3.22. The second-order valence-corrected chi connectivity index (χ2v) is 7.01. The number of aryl methyl sites for hydroxylation is 1. The first-order valence-corrected chi connectivity index (χ1v) is 9.50. The van der Waals surface area contributed by atoms with Crippen molar-refractivity contribution < 1.29 is 23.8 Å². The minimum Gasteiger partial charge on any atom is -0.497 e. The number of ketones is 1. The Kier molecular flexibility index (Phi) is 5.35. The number of carbonyl (C=O) groups is 2. The van der Waals surface area contributed by atoms with Crippen molar-refractivity contribution in [3.63, 3.8) is 0 Å². The molecule has 0 spiro atoms. The summed E-state index contributed by atoms with van der Waals surface area (Å²) in [6.07, 6.45) is 1.84. The lowest BCUT2D eigenvalue weighted by atomic mass is 10.1. The van der Waals surface area contributed by atoms with Gasteiger partial charge in [-0.05, 0) is 48.4 Å². The van der Waals surface area contributed by atoms with Gasteiger partial charge in [-0.1, -0.05) is 42.0 Å². The Morgan fingerprint density at radius 1 is 1.00 bits per heavy atom. The van der Waals surface area contributed by atoms with Gasteiger partial charge in [0.15, 0.2) is 5.76 Å². The van der Waals surface area contributed by atoms with Gasteiger partial charge in [0.05, 0.1) is 19.1 Å². The molecule has 150 valence electrons. The lowest BCUT2D eigenvalue weighted by Crippen LogP contribution is -2.11. The van der Waals surface area contributed by atoms with E-state index in [2.05, 4.69) is 0 Å². The summed E-state index contributed by atoms with van der Waals surface area (Å²) in [5.41, 5.74) is 3.25. The number of benzene rings is 3. The van der Waals surface area contributed by atoms with Crippen LogP contribution in [0.15, 0.2) is 72.5 Å². The van der Waals surface area contributed by atoms with E-state index in [-0.39, 0.29) is 18.0 Å². The van der Waals surface area contributed by atoms with Crippen molar-refractivity contribution >= 4 is 17.8 Å². The van der Waals surface area contributed by atoms with Gasteiger partial charge in [0.1, 0.15) is 17.2 Å². The largest absolute Gasteiger partial charge is 0.497 e. The molecule has 0 radical (unpaired) electrons. The lowest BCUT2D eigenvalue weighted by Gasteiger charge is -2.06. The summed E-state index contributed by atoms with van der Waals surface area (Å²) in [6.45, 7) is 1.99. The SMILES string of the molecule is COc1ccc(CC(=O)Oc2ccc3c(c2)O/C(=C\c2cccc(C)c2)C3=O)cc1. The van der Waals surface area contributed by atoms with Crippen LogP contribution in [0.4, 0.5) is 0 Å². The van der Waals surface area contributed by atoms with Crippen LogP contribution in [0.5, 0.6) is 17.2 Å². The standard InChI is InChI=1S/C25H20O5/c1-16-4-3-5-18(12-16)13-23-25(27)21-11-10-20(15-22(21)30-23)29-24(26)14-17-6-8-19(28-2)9-7-17/h3-13,15H,14H2,1-2H3/b23-13-. The molecule has 0 N–H and O–H groups in total. The van der Waals surface area contributed by atoms with Gasteiger partial charge < -0.3 is 14.2 Å². The summed E-state index contributed by atoms with van der Waals surface area (Å²) in [6, 6.07) is 19.8. The van der Waals surface area contributed by atoms with E-state index >= 15 is 0 Å². The summed E-state index contributed by atoms with van der Waals surface area (Å²) < 4.78 is 16.3. The predicted molar refractivity (Wildman–Crippen MR) is 113 cm³/mol. The Morgan fingerprint density at radius 2 is 1.77 bits per heavy atom. The third-order valence-electron chi connectivity index (χ3n) is 4.72. The molecule has 0 bridgehead atoms. The summed E-state index contributed by atoms with van der Waals surface area (Å²) in [7, 11) is 1.59. The quantitative estimate of drug-likeness (QED) is 0.351. The summed E-state index contributed by atoms with van der Waals surface area (Å²) in [4.78, 5) is 24.9. The molecule has 3 aromatic rings. The number of hydrogen-bond donors (Lipinski definition) is 0.